The largest absolute Gasteiger partial charge is 0.310 e. The number of aryl methyl sites for hydroxylation is 3. The lowest BCUT2D eigenvalue weighted by Gasteiger charge is -2.38. The molecular weight excluding hydrogens is 920 g/mol. The molecule has 2 nitrogen and oxygen atoms in total. The van der Waals surface area contributed by atoms with Gasteiger partial charge in [-0.05, 0) is 135 Å². The van der Waals surface area contributed by atoms with Crippen molar-refractivity contribution >= 4 is 108 Å². The topological polar surface area (TPSA) is 6.48 Å². The number of benzene rings is 12. The quantitative estimate of drug-likeness (QED) is 0.133. The highest BCUT2D eigenvalue weighted by molar-refractivity contribution is 7.21. The van der Waals surface area contributed by atoms with E-state index in [1.165, 1.54) is 97.6 Å². The van der Waals surface area contributed by atoms with Gasteiger partial charge in [0.05, 0.1) is 11.4 Å². The summed E-state index contributed by atoms with van der Waals surface area (Å²) < 4.78 is 0. The Morgan fingerprint density at radius 1 is 0.333 bits per heavy atom. The Labute approximate surface area is 441 Å². The van der Waals surface area contributed by atoms with E-state index in [0.717, 1.165) is 34.1 Å². The number of rotatable bonds is 9. The predicted molar refractivity (Wildman–Crippen MR) is 324 cm³/mol. The lowest BCUT2D eigenvalue weighted by Crippen LogP contribution is -2.75. The average Bonchev–Trinajstić information content (AvgIpc) is 3.87. The van der Waals surface area contributed by atoms with Gasteiger partial charge in [-0.25, -0.2) is 0 Å². The number of hydrogen-bond acceptors (Lipinski definition) is 2. The van der Waals surface area contributed by atoms with Gasteiger partial charge in [-0.3, -0.25) is 0 Å². The molecule has 0 spiro atoms. The van der Waals surface area contributed by atoms with E-state index in [1.54, 1.807) is 0 Å². The van der Waals surface area contributed by atoms with Crippen LogP contribution in [0.25, 0.3) is 43.8 Å². The van der Waals surface area contributed by atoms with Crippen LogP contribution in [-0.4, -0.2) is 14.8 Å². The van der Waals surface area contributed by atoms with Gasteiger partial charge in [0, 0.05) is 33.5 Å². The summed E-state index contributed by atoms with van der Waals surface area (Å²) in [5, 5.41) is 10.3. The third-order valence-electron chi connectivity index (χ3n) is 16.2. The first-order valence-electron chi connectivity index (χ1n) is 26.3. The third-order valence-corrected chi connectivity index (χ3v) is 21.0. The van der Waals surface area contributed by atoms with Gasteiger partial charge in [0.1, 0.15) is 0 Å². The lowest BCUT2D eigenvalue weighted by molar-refractivity contribution is 1.30. The van der Waals surface area contributed by atoms with Crippen molar-refractivity contribution in [3.63, 3.8) is 0 Å². The van der Waals surface area contributed by atoms with E-state index >= 15 is 0 Å². The molecule has 0 saturated carbocycles. The van der Waals surface area contributed by atoms with E-state index in [2.05, 4.69) is 297 Å². The van der Waals surface area contributed by atoms with Crippen molar-refractivity contribution < 1.29 is 0 Å². The monoisotopic (exact) mass is 972 g/mol. The molecule has 0 atom stereocenters. The van der Waals surface area contributed by atoms with Crippen LogP contribution < -0.4 is 46.9 Å². The first kappa shape index (κ1) is 44.7. The third kappa shape index (κ3) is 7.01. The second-order valence-electron chi connectivity index (χ2n) is 20.5. The normalized spacial score (nSPS) is 12.8. The SMILES string of the molecule is Cc1cc(C)c(B2c3cccc4c3-c3c2cc(N(c2ccccc2)c2cccc5ccccc25)cc3[Si](c2ccccc2)(c2ccccc2)c2cc(N(c3ccccc3)c3cccc5ccccc35)ccc2-4)c(C)c1. The van der Waals surface area contributed by atoms with Gasteiger partial charge in [-0.2, -0.15) is 0 Å². The van der Waals surface area contributed by atoms with Gasteiger partial charge in [0.25, 0.3) is 0 Å². The van der Waals surface area contributed by atoms with Crippen molar-refractivity contribution in [1.82, 2.24) is 0 Å². The molecule has 4 heteroatoms. The molecular formula is C71H53BN2Si. The van der Waals surface area contributed by atoms with Gasteiger partial charge < -0.3 is 9.80 Å². The summed E-state index contributed by atoms with van der Waals surface area (Å²) in [6.07, 6.45) is 0. The highest BCUT2D eigenvalue weighted by atomic mass is 28.3. The zero-order chi connectivity index (χ0) is 50.2. The predicted octanol–water partition coefficient (Wildman–Crippen LogP) is 13.7. The summed E-state index contributed by atoms with van der Waals surface area (Å²) in [7, 11) is -3.41. The second-order valence-corrected chi connectivity index (χ2v) is 24.3. The number of anilines is 6. The molecule has 0 N–H and O–H groups in total. The molecule has 0 aromatic heterocycles. The molecule has 12 aromatic carbocycles. The van der Waals surface area contributed by atoms with Crippen LogP contribution in [0.4, 0.5) is 34.1 Å². The van der Waals surface area contributed by atoms with Gasteiger partial charge in [-0.15, -0.1) is 0 Å². The van der Waals surface area contributed by atoms with E-state index in [-0.39, 0.29) is 6.71 Å². The highest BCUT2D eigenvalue weighted by Gasteiger charge is 2.51. The minimum absolute atomic E-state index is 0.00149. The Morgan fingerprint density at radius 3 is 1.39 bits per heavy atom. The fourth-order valence-electron chi connectivity index (χ4n) is 13.4. The Hall–Kier alpha value is -8.96. The van der Waals surface area contributed by atoms with Crippen LogP contribution >= 0.6 is 0 Å². The van der Waals surface area contributed by atoms with Gasteiger partial charge >= 0.3 is 0 Å². The van der Waals surface area contributed by atoms with Gasteiger partial charge in [0.15, 0.2) is 8.07 Å². The lowest BCUT2D eigenvalue weighted by atomic mass is 9.37. The summed E-state index contributed by atoms with van der Waals surface area (Å²) >= 11 is 0. The Kier molecular flexibility index (Phi) is 10.7. The van der Waals surface area contributed by atoms with E-state index in [4.69, 9.17) is 0 Å². The van der Waals surface area contributed by atoms with Crippen LogP contribution in [-0.2, 0) is 0 Å². The molecule has 0 saturated heterocycles. The highest BCUT2D eigenvalue weighted by Crippen LogP contribution is 2.45. The van der Waals surface area contributed by atoms with Crippen molar-refractivity contribution in [2.75, 3.05) is 9.80 Å². The van der Waals surface area contributed by atoms with E-state index in [9.17, 15) is 0 Å². The van der Waals surface area contributed by atoms with E-state index in [1.807, 2.05) is 0 Å². The minimum atomic E-state index is -3.41. The molecule has 0 aliphatic carbocycles. The summed E-state index contributed by atoms with van der Waals surface area (Å²) in [6.45, 7) is 6.90. The van der Waals surface area contributed by atoms with Crippen molar-refractivity contribution in [3.05, 3.63) is 284 Å². The molecule has 2 aliphatic heterocycles. The van der Waals surface area contributed by atoms with Crippen molar-refractivity contribution in [1.29, 1.82) is 0 Å². The molecule has 0 bridgehead atoms. The molecule has 75 heavy (non-hydrogen) atoms. The molecule has 2 aliphatic rings. The minimum Gasteiger partial charge on any atom is -0.310 e. The molecule has 0 unspecified atom stereocenters. The summed E-state index contributed by atoms with van der Waals surface area (Å²) in [5.41, 5.74) is 20.2. The van der Waals surface area contributed by atoms with Crippen LogP contribution in [0.1, 0.15) is 16.7 Å². The maximum atomic E-state index is 2.64. The second kappa shape index (κ2) is 17.9. The van der Waals surface area contributed by atoms with Gasteiger partial charge in [-0.1, -0.05) is 239 Å². The van der Waals surface area contributed by atoms with Crippen LogP contribution in [0.3, 0.4) is 0 Å². The number of fused-ring (bicyclic) bond motifs is 4. The Balaban J connectivity index is 1.18. The number of hydrogen-bond donors (Lipinski definition) is 0. The molecule has 0 fully saturated rings. The van der Waals surface area contributed by atoms with E-state index in [0.29, 0.717) is 0 Å². The van der Waals surface area contributed by atoms with Crippen LogP contribution in [0.15, 0.2) is 267 Å². The zero-order valence-corrected chi connectivity index (χ0v) is 43.4. The first-order chi connectivity index (χ1) is 37.0. The molecule has 0 radical (unpaired) electrons. The smallest absolute Gasteiger partial charge is 0.243 e. The van der Waals surface area contributed by atoms with Crippen molar-refractivity contribution in [2.24, 2.45) is 0 Å². The van der Waals surface area contributed by atoms with Crippen LogP contribution in [0.2, 0.25) is 0 Å². The molecule has 354 valence electrons. The molecule has 12 aromatic rings. The summed E-state index contributed by atoms with van der Waals surface area (Å²) in [4.78, 5) is 5.04. The zero-order valence-electron chi connectivity index (χ0n) is 42.4. The summed E-state index contributed by atoms with van der Waals surface area (Å²) in [5.74, 6) is 0. The molecule has 2 heterocycles. The molecule has 0 amide bonds. The molecule has 14 rings (SSSR count). The number of para-hydroxylation sites is 2. The van der Waals surface area contributed by atoms with Crippen molar-refractivity contribution in [2.45, 2.75) is 20.8 Å². The van der Waals surface area contributed by atoms with Gasteiger partial charge in [0.2, 0.25) is 6.71 Å². The van der Waals surface area contributed by atoms with Crippen LogP contribution in [0.5, 0.6) is 0 Å². The summed E-state index contributed by atoms with van der Waals surface area (Å²) in [6, 6.07) is 101. The number of nitrogens with zero attached hydrogens (tertiary/aromatic N) is 2. The van der Waals surface area contributed by atoms with Crippen LogP contribution in [0, 0.1) is 20.8 Å². The Morgan fingerprint density at radius 2 is 0.813 bits per heavy atom. The average molecular weight is 973 g/mol. The standard InChI is InChI=1S/C71H53BN2Si/c1-48-43-49(2)71(50(3)44-48)72-63-38-22-37-62-61-42-41-55(73(53-27-8-4-9-28-53)65-39-20-25-51-23-16-18-35-59(51)65)46-67(61)75(57-31-12-6-13-32-57,58-33-14-7-15-34-58)68-47-56(45-64(72)70(68)69(62)63)74(54-29-10-5-11-30-54)66-40-21-26-52-24-17-19-36-60(52)66/h4-47H,1-3H3. The maximum absolute atomic E-state index is 3.41. The first-order valence-corrected chi connectivity index (χ1v) is 28.3. The van der Waals surface area contributed by atoms with E-state index < -0.39 is 8.07 Å². The van der Waals surface area contributed by atoms with Crippen molar-refractivity contribution in [3.8, 4) is 22.3 Å². The maximum Gasteiger partial charge on any atom is 0.243 e. The fraction of sp³-hybridized carbons (Fsp3) is 0.0423. The fourth-order valence-corrected chi connectivity index (χ4v) is 18.6. The Bertz CT molecular complexity index is 4100.